The zero-order valence-corrected chi connectivity index (χ0v) is 32.8. The molecule has 0 amide bonds. The van der Waals surface area contributed by atoms with E-state index in [0.29, 0.717) is 11.6 Å². The lowest BCUT2D eigenvalue weighted by Gasteiger charge is -2.31. The van der Waals surface area contributed by atoms with Crippen molar-refractivity contribution in [3.63, 3.8) is 0 Å². The molecule has 284 valence electrons. The van der Waals surface area contributed by atoms with Crippen molar-refractivity contribution in [2.45, 2.75) is 5.41 Å². The summed E-state index contributed by atoms with van der Waals surface area (Å²) in [6.07, 6.45) is 0. The Kier molecular flexibility index (Phi) is 7.96. The van der Waals surface area contributed by atoms with E-state index in [2.05, 4.69) is 133 Å². The van der Waals surface area contributed by atoms with Crippen LogP contribution in [0.3, 0.4) is 0 Å². The lowest BCUT2D eigenvalue weighted by molar-refractivity contribution is 0.793. The number of hydrogen-bond acceptors (Lipinski definition) is 6. The van der Waals surface area contributed by atoms with Crippen molar-refractivity contribution < 1.29 is 0 Å². The summed E-state index contributed by atoms with van der Waals surface area (Å²) in [7, 11) is 0. The fraction of sp³-hybridized carbons (Fsp3) is 0.0182. The molecule has 0 radical (unpaired) electrons. The van der Waals surface area contributed by atoms with E-state index >= 15 is 0 Å². The summed E-state index contributed by atoms with van der Waals surface area (Å²) in [5.74, 6) is 1.14. The van der Waals surface area contributed by atoms with Gasteiger partial charge in [-0.1, -0.05) is 194 Å². The minimum atomic E-state index is -0.636. The first-order valence-electron chi connectivity index (χ1n) is 20.5. The van der Waals surface area contributed by atoms with E-state index in [0.717, 1.165) is 67.3 Å². The van der Waals surface area contributed by atoms with Gasteiger partial charge in [-0.05, 0) is 56.6 Å². The van der Waals surface area contributed by atoms with E-state index in [9.17, 15) is 0 Å². The van der Waals surface area contributed by atoms with E-state index < -0.39 is 5.41 Å². The van der Waals surface area contributed by atoms with Crippen LogP contribution in [0.25, 0.3) is 90.1 Å². The topological polar surface area (TPSA) is 77.3 Å². The van der Waals surface area contributed by atoms with Crippen LogP contribution < -0.4 is 0 Å². The number of nitrogens with zero attached hydrogens (tertiary/aromatic N) is 6. The molecule has 0 bridgehead atoms. The molecule has 0 atom stereocenters. The maximum absolute atomic E-state index is 5.29. The molecule has 1 spiro atoms. The number of benzene rings is 8. The third kappa shape index (κ3) is 5.43. The van der Waals surface area contributed by atoms with E-state index in [-0.39, 0.29) is 0 Å². The monoisotopic (exact) mass is 778 g/mol. The van der Waals surface area contributed by atoms with Crippen molar-refractivity contribution in [2.75, 3.05) is 0 Å². The smallest absolute Gasteiger partial charge is 0.182 e. The molecule has 6 nitrogen and oxygen atoms in total. The van der Waals surface area contributed by atoms with E-state index in [1.807, 2.05) is 72.8 Å². The summed E-state index contributed by atoms with van der Waals surface area (Å²) in [6.45, 7) is 0. The van der Waals surface area contributed by atoms with Gasteiger partial charge in [-0.15, -0.1) is 20.4 Å². The Morgan fingerprint density at radius 3 is 0.967 bits per heavy atom. The number of hydrogen-bond donors (Lipinski definition) is 0. The fourth-order valence-corrected chi connectivity index (χ4v) is 9.49. The van der Waals surface area contributed by atoms with Gasteiger partial charge in [0, 0.05) is 33.4 Å². The van der Waals surface area contributed by atoms with Gasteiger partial charge in [0.2, 0.25) is 0 Å². The van der Waals surface area contributed by atoms with Crippen LogP contribution in [0.2, 0.25) is 0 Å². The molecule has 2 heterocycles. The highest BCUT2D eigenvalue weighted by Crippen LogP contribution is 2.63. The van der Waals surface area contributed by atoms with Gasteiger partial charge >= 0.3 is 0 Å². The molecule has 0 unspecified atom stereocenters. The molecule has 0 saturated carbocycles. The van der Waals surface area contributed by atoms with Crippen LogP contribution in [0.1, 0.15) is 22.3 Å². The Balaban J connectivity index is 1.07. The standard InChI is InChI=1S/C55H34N6/c1-5-17-35(18-6-1)49-51(37-21-9-3-10-22-37)58-60-53(56-49)39-29-31-43-44-32-30-40(54-57-50(36-19-7-2-8-20-36)52(59-61-54)38-23-11-4-12-24-38)34-48(44)55(47(43)33-39)45-27-15-13-25-41(45)42-26-14-16-28-46(42)55/h1-34H. The number of rotatable bonds is 6. The average Bonchev–Trinajstić information content (AvgIpc) is 3.81. The molecule has 0 fully saturated rings. The molecule has 0 N–H and O–H groups in total. The minimum Gasteiger partial charge on any atom is -0.224 e. The van der Waals surface area contributed by atoms with Crippen LogP contribution in [-0.4, -0.2) is 30.4 Å². The van der Waals surface area contributed by atoms with Gasteiger partial charge in [0.05, 0.1) is 5.41 Å². The summed E-state index contributed by atoms with van der Waals surface area (Å²) in [6, 6.07) is 71.8. The Morgan fingerprint density at radius 2 is 0.574 bits per heavy atom. The molecular formula is C55H34N6. The van der Waals surface area contributed by atoms with Gasteiger partial charge in [-0.25, -0.2) is 9.97 Å². The van der Waals surface area contributed by atoms with Crippen molar-refractivity contribution in [2.24, 2.45) is 0 Å². The quantitative estimate of drug-likeness (QED) is 0.167. The molecule has 2 aliphatic carbocycles. The number of fused-ring (bicyclic) bond motifs is 10. The van der Waals surface area contributed by atoms with Gasteiger partial charge in [0.1, 0.15) is 22.8 Å². The maximum Gasteiger partial charge on any atom is 0.182 e. The lowest BCUT2D eigenvalue weighted by Crippen LogP contribution is -2.26. The first kappa shape index (κ1) is 34.8. The Labute approximate surface area is 353 Å². The molecule has 2 aromatic heterocycles. The Bertz CT molecular complexity index is 3070. The van der Waals surface area contributed by atoms with Crippen LogP contribution in [0.5, 0.6) is 0 Å². The second-order valence-electron chi connectivity index (χ2n) is 15.5. The summed E-state index contributed by atoms with van der Waals surface area (Å²) < 4.78 is 0. The SMILES string of the molecule is c1ccc(-c2nnc(-c3ccc4c(c3)C3(c5ccccc5-c5ccccc53)c3cc(-c5nnc(-c6ccccc6)c(-c6ccccc6)n5)ccc3-4)nc2-c2ccccc2)cc1. The average molecular weight is 779 g/mol. The van der Waals surface area contributed by atoms with Crippen LogP contribution in [0.4, 0.5) is 0 Å². The zero-order chi connectivity index (χ0) is 40.3. The maximum atomic E-state index is 5.29. The molecule has 61 heavy (non-hydrogen) atoms. The summed E-state index contributed by atoms with van der Waals surface area (Å²) >= 11 is 0. The van der Waals surface area contributed by atoms with Crippen molar-refractivity contribution in [3.05, 3.63) is 229 Å². The van der Waals surface area contributed by atoms with Gasteiger partial charge in [0.25, 0.3) is 0 Å². The van der Waals surface area contributed by atoms with Gasteiger partial charge in [0.15, 0.2) is 11.6 Å². The molecule has 0 saturated heterocycles. The lowest BCUT2D eigenvalue weighted by atomic mass is 9.70. The Hall–Kier alpha value is -8.22. The predicted octanol–water partition coefficient (Wildman–Crippen LogP) is 12.4. The molecule has 6 heteroatoms. The van der Waals surface area contributed by atoms with E-state index in [1.54, 1.807) is 0 Å². The van der Waals surface area contributed by atoms with Crippen molar-refractivity contribution in [1.82, 2.24) is 30.4 Å². The van der Waals surface area contributed by atoms with Crippen molar-refractivity contribution in [1.29, 1.82) is 0 Å². The summed E-state index contributed by atoms with van der Waals surface area (Å²) in [5.41, 5.74) is 17.7. The molecule has 12 rings (SSSR count). The van der Waals surface area contributed by atoms with Crippen LogP contribution in [-0.2, 0) is 5.41 Å². The first-order chi connectivity index (χ1) is 30.3. The summed E-state index contributed by atoms with van der Waals surface area (Å²) in [4.78, 5) is 10.6. The fourth-order valence-electron chi connectivity index (χ4n) is 9.49. The first-order valence-corrected chi connectivity index (χ1v) is 20.5. The van der Waals surface area contributed by atoms with E-state index in [4.69, 9.17) is 30.4 Å². The number of aromatic nitrogens is 6. The van der Waals surface area contributed by atoms with Crippen LogP contribution in [0, 0.1) is 0 Å². The van der Waals surface area contributed by atoms with Gasteiger partial charge in [-0.3, -0.25) is 0 Å². The van der Waals surface area contributed by atoms with Gasteiger partial charge < -0.3 is 0 Å². The Morgan fingerprint density at radius 1 is 0.246 bits per heavy atom. The normalized spacial score (nSPS) is 12.7. The van der Waals surface area contributed by atoms with Gasteiger partial charge in [-0.2, -0.15) is 0 Å². The molecule has 0 aliphatic heterocycles. The third-order valence-electron chi connectivity index (χ3n) is 12.2. The molecule has 8 aromatic carbocycles. The largest absolute Gasteiger partial charge is 0.224 e. The predicted molar refractivity (Wildman–Crippen MR) is 242 cm³/mol. The molecular weight excluding hydrogens is 745 g/mol. The van der Waals surface area contributed by atoms with E-state index in [1.165, 1.54) is 33.4 Å². The molecule has 2 aliphatic rings. The second kappa shape index (κ2) is 14.0. The van der Waals surface area contributed by atoms with Crippen molar-refractivity contribution in [3.8, 4) is 90.1 Å². The molecule has 10 aromatic rings. The minimum absolute atomic E-state index is 0.569. The highest BCUT2D eigenvalue weighted by molar-refractivity contribution is 5.96. The third-order valence-corrected chi connectivity index (χ3v) is 12.2. The van der Waals surface area contributed by atoms with Crippen LogP contribution >= 0.6 is 0 Å². The highest BCUT2D eigenvalue weighted by atomic mass is 15.2. The summed E-state index contributed by atoms with van der Waals surface area (Å²) in [5, 5.41) is 19.4. The van der Waals surface area contributed by atoms with Crippen molar-refractivity contribution >= 4 is 0 Å². The highest BCUT2D eigenvalue weighted by Gasteiger charge is 2.52. The second-order valence-corrected chi connectivity index (χ2v) is 15.5. The van der Waals surface area contributed by atoms with Crippen LogP contribution in [0.15, 0.2) is 206 Å². The zero-order valence-electron chi connectivity index (χ0n) is 32.8.